The average Bonchev–Trinajstić information content (AvgIpc) is 3.07. The molecule has 8 nitrogen and oxygen atoms in total. The molecule has 0 unspecified atom stereocenters. The number of rotatable bonds is 7. The number of nitrogens with one attached hydrogen (secondary N) is 3. The molecule has 2 aromatic carbocycles. The maximum absolute atomic E-state index is 13.7. The summed E-state index contributed by atoms with van der Waals surface area (Å²) in [5, 5.41) is 9.43. The third-order valence-electron chi connectivity index (χ3n) is 4.11. The summed E-state index contributed by atoms with van der Waals surface area (Å²) in [6, 6.07) is 10.8. The first-order valence-corrected chi connectivity index (χ1v) is 10.5. The Hall–Kier alpha value is -3.05. The number of sulfonamides is 1. The molecule has 0 spiro atoms. The fourth-order valence-corrected chi connectivity index (χ4v) is 3.95. The van der Waals surface area contributed by atoms with Crippen molar-refractivity contribution < 1.29 is 17.6 Å². The molecule has 0 saturated carbocycles. The SMILES string of the molecule is CCn1c(CNC(=O)c2ccc(S(=O)(=O)Nc3ccccc3F)cc2)n[nH]c1=S. The van der Waals surface area contributed by atoms with Crippen LogP contribution in [0.2, 0.25) is 0 Å². The van der Waals surface area contributed by atoms with E-state index in [1.54, 1.807) is 4.57 Å². The molecule has 1 aromatic heterocycles. The van der Waals surface area contributed by atoms with Crippen molar-refractivity contribution in [2.75, 3.05) is 4.72 Å². The van der Waals surface area contributed by atoms with Gasteiger partial charge in [-0.25, -0.2) is 12.8 Å². The molecule has 0 atom stereocenters. The summed E-state index contributed by atoms with van der Waals surface area (Å²) in [5.74, 6) is -0.497. The van der Waals surface area contributed by atoms with E-state index in [1.807, 2.05) is 6.92 Å². The van der Waals surface area contributed by atoms with Crippen LogP contribution in [0.15, 0.2) is 53.4 Å². The fourth-order valence-electron chi connectivity index (χ4n) is 2.61. The molecule has 1 amide bonds. The molecule has 0 radical (unpaired) electrons. The number of anilines is 1. The minimum Gasteiger partial charge on any atom is -0.345 e. The zero-order valence-electron chi connectivity index (χ0n) is 15.3. The van der Waals surface area contributed by atoms with E-state index in [2.05, 4.69) is 20.2 Å². The van der Waals surface area contributed by atoms with Crippen molar-refractivity contribution in [2.45, 2.75) is 24.9 Å². The predicted octanol–water partition coefficient (Wildman–Crippen LogP) is 2.83. The van der Waals surface area contributed by atoms with Crippen molar-refractivity contribution in [1.29, 1.82) is 0 Å². The molecule has 0 bridgehead atoms. The molecule has 3 rings (SSSR count). The Bertz CT molecular complexity index is 1190. The standard InChI is InChI=1S/C18H18FN5O3S2/c1-2-24-16(21-22-18(24)28)11-20-17(25)12-7-9-13(10-8-12)29(26,27)23-15-6-4-3-5-14(15)19/h3-10,23H,2,11H2,1H3,(H,20,25)(H,22,28). The number of aromatic amines is 1. The maximum Gasteiger partial charge on any atom is 0.261 e. The molecule has 11 heteroatoms. The van der Waals surface area contributed by atoms with Crippen molar-refractivity contribution in [1.82, 2.24) is 20.1 Å². The van der Waals surface area contributed by atoms with E-state index in [9.17, 15) is 17.6 Å². The normalized spacial score (nSPS) is 11.2. The van der Waals surface area contributed by atoms with E-state index in [-0.39, 0.29) is 22.7 Å². The van der Waals surface area contributed by atoms with Gasteiger partial charge in [0.15, 0.2) is 10.6 Å². The van der Waals surface area contributed by atoms with Crippen LogP contribution in [0, 0.1) is 10.6 Å². The highest BCUT2D eigenvalue weighted by Gasteiger charge is 2.17. The number of para-hydroxylation sites is 1. The highest BCUT2D eigenvalue weighted by atomic mass is 32.2. The van der Waals surface area contributed by atoms with Gasteiger partial charge in [0.1, 0.15) is 5.82 Å². The summed E-state index contributed by atoms with van der Waals surface area (Å²) in [6.07, 6.45) is 0. The molecule has 29 heavy (non-hydrogen) atoms. The average molecular weight is 436 g/mol. The summed E-state index contributed by atoms with van der Waals surface area (Å²) >= 11 is 5.10. The quantitative estimate of drug-likeness (QED) is 0.495. The summed E-state index contributed by atoms with van der Waals surface area (Å²) in [5.41, 5.74) is 0.116. The van der Waals surface area contributed by atoms with E-state index >= 15 is 0 Å². The molecule has 3 aromatic rings. The van der Waals surface area contributed by atoms with Gasteiger partial charge in [0, 0.05) is 12.1 Å². The molecule has 152 valence electrons. The molecule has 1 heterocycles. The van der Waals surface area contributed by atoms with Gasteiger partial charge in [0.2, 0.25) is 0 Å². The third kappa shape index (κ3) is 4.69. The molecular weight excluding hydrogens is 417 g/mol. The monoisotopic (exact) mass is 435 g/mol. The van der Waals surface area contributed by atoms with Gasteiger partial charge < -0.3 is 9.88 Å². The summed E-state index contributed by atoms with van der Waals surface area (Å²) in [6.45, 7) is 2.68. The zero-order valence-corrected chi connectivity index (χ0v) is 17.0. The van der Waals surface area contributed by atoms with Gasteiger partial charge in [-0.05, 0) is 55.5 Å². The lowest BCUT2D eigenvalue weighted by atomic mass is 10.2. The van der Waals surface area contributed by atoms with Crippen LogP contribution in [0.25, 0.3) is 0 Å². The second kappa shape index (κ2) is 8.53. The maximum atomic E-state index is 13.7. The summed E-state index contributed by atoms with van der Waals surface area (Å²) in [7, 11) is -3.99. The van der Waals surface area contributed by atoms with Gasteiger partial charge in [-0.15, -0.1) is 0 Å². The summed E-state index contributed by atoms with van der Waals surface area (Å²) in [4.78, 5) is 12.2. The van der Waals surface area contributed by atoms with Crippen molar-refractivity contribution in [3.05, 3.63) is 70.5 Å². The second-order valence-corrected chi connectivity index (χ2v) is 8.05. The van der Waals surface area contributed by atoms with E-state index in [0.29, 0.717) is 17.1 Å². The van der Waals surface area contributed by atoms with Crippen LogP contribution < -0.4 is 10.0 Å². The minimum absolute atomic E-state index is 0.0934. The Kier molecular flexibility index (Phi) is 6.09. The molecule has 0 aliphatic heterocycles. The lowest BCUT2D eigenvalue weighted by Crippen LogP contribution is -2.25. The van der Waals surface area contributed by atoms with E-state index in [4.69, 9.17) is 12.2 Å². The largest absolute Gasteiger partial charge is 0.345 e. The van der Waals surface area contributed by atoms with Gasteiger partial charge >= 0.3 is 0 Å². The van der Waals surface area contributed by atoms with Crippen LogP contribution >= 0.6 is 12.2 Å². The van der Waals surface area contributed by atoms with Gasteiger partial charge in [0.05, 0.1) is 17.1 Å². The summed E-state index contributed by atoms with van der Waals surface area (Å²) < 4.78 is 42.9. The molecule has 0 aliphatic rings. The second-order valence-electron chi connectivity index (χ2n) is 5.98. The number of benzene rings is 2. The number of amides is 1. The van der Waals surface area contributed by atoms with Crippen LogP contribution in [-0.2, 0) is 23.1 Å². The number of hydrogen-bond donors (Lipinski definition) is 3. The van der Waals surface area contributed by atoms with E-state index in [0.717, 1.165) is 6.07 Å². The Morgan fingerprint density at radius 1 is 1.21 bits per heavy atom. The Labute approximate surface area is 171 Å². The number of halogens is 1. The molecule has 3 N–H and O–H groups in total. The highest BCUT2D eigenvalue weighted by Crippen LogP contribution is 2.19. The van der Waals surface area contributed by atoms with Gasteiger partial charge in [0.25, 0.3) is 15.9 Å². The lowest BCUT2D eigenvalue weighted by Gasteiger charge is -2.10. The molecule has 0 aliphatic carbocycles. The predicted molar refractivity (Wildman–Crippen MR) is 108 cm³/mol. The molecule has 0 fully saturated rings. The number of H-pyrrole nitrogens is 1. The number of hydrogen-bond acceptors (Lipinski definition) is 5. The Morgan fingerprint density at radius 3 is 2.55 bits per heavy atom. The smallest absolute Gasteiger partial charge is 0.261 e. The first-order valence-electron chi connectivity index (χ1n) is 8.61. The lowest BCUT2D eigenvalue weighted by molar-refractivity contribution is 0.0949. The van der Waals surface area contributed by atoms with Gasteiger partial charge in [-0.2, -0.15) is 5.10 Å². The van der Waals surface area contributed by atoms with Crippen LogP contribution in [0.1, 0.15) is 23.1 Å². The Morgan fingerprint density at radius 2 is 1.90 bits per heavy atom. The number of aromatic nitrogens is 3. The fraction of sp³-hybridized carbons (Fsp3) is 0.167. The highest BCUT2D eigenvalue weighted by molar-refractivity contribution is 7.92. The molecular formula is C18H18FN5O3S2. The van der Waals surface area contributed by atoms with E-state index in [1.165, 1.54) is 42.5 Å². The molecule has 0 saturated heterocycles. The van der Waals surface area contributed by atoms with Crippen LogP contribution in [0.4, 0.5) is 10.1 Å². The number of carbonyl (C=O) groups excluding carboxylic acids is 1. The third-order valence-corrected chi connectivity index (χ3v) is 5.80. The Balaban J connectivity index is 1.69. The van der Waals surface area contributed by atoms with Crippen LogP contribution in [-0.4, -0.2) is 29.1 Å². The van der Waals surface area contributed by atoms with Gasteiger partial charge in [-0.3, -0.25) is 14.6 Å². The first kappa shape index (κ1) is 20.7. The minimum atomic E-state index is -3.99. The van der Waals surface area contributed by atoms with Crippen molar-refractivity contribution >= 4 is 33.8 Å². The number of carbonyl (C=O) groups is 1. The van der Waals surface area contributed by atoms with Crippen LogP contribution in [0.3, 0.4) is 0 Å². The van der Waals surface area contributed by atoms with E-state index < -0.39 is 21.7 Å². The van der Waals surface area contributed by atoms with Crippen molar-refractivity contribution in [3.8, 4) is 0 Å². The van der Waals surface area contributed by atoms with Crippen LogP contribution in [0.5, 0.6) is 0 Å². The zero-order chi connectivity index (χ0) is 21.0. The first-order chi connectivity index (χ1) is 13.8. The van der Waals surface area contributed by atoms with Crippen molar-refractivity contribution in [2.24, 2.45) is 0 Å². The van der Waals surface area contributed by atoms with Gasteiger partial charge in [-0.1, -0.05) is 12.1 Å². The topological polar surface area (TPSA) is 109 Å². The van der Waals surface area contributed by atoms with Crippen molar-refractivity contribution in [3.63, 3.8) is 0 Å². The number of nitrogens with zero attached hydrogens (tertiary/aromatic N) is 2.